The van der Waals surface area contributed by atoms with Crippen LogP contribution in [0.1, 0.15) is 36.5 Å². The van der Waals surface area contributed by atoms with E-state index in [2.05, 4.69) is 12.2 Å². The van der Waals surface area contributed by atoms with Crippen LogP contribution in [0.15, 0.2) is 78.9 Å². The molecule has 0 aromatic heterocycles. The molecule has 0 aliphatic rings. The molecule has 0 bridgehead atoms. The average Bonchev–Trinajstić information content (AvgIpc) is 2.87. The lowest BCUT2D eigenvalue weighted by atomic mass is 10.0. The van der Waals surface area contributed by atoms with Gasteiger partial charge in [-0.25, -0.2) is 0 Å². The maximum atomic E-state index is 13.5. The maximum Gasteiger partial charge on any atom is 0.261 e. The molecule has 35 heavy (non-hydrogen) atoms. The van der Waals surface area contributed by atoms with E-state index in [4.69, 9.17) is 16.3 Å². The molecule has 0 heterocycles. The highest BCUT2D eigenvalue weighted by molar-refractivity contribution is 6.30. The van der Waals surface area contributed by atoms with Crippen molar-refractivity contribution in [2.45, 2.75) is 45.7 Å². The van der Waals surface area contributed by atoms with Gasteiger partial charge in [0, 0.05) is 24.5 Å². The Morgan fingerprint density at radius 1 is 0.943 bits per heavy atom. The van der Waals surface area contributed by atoms with Gasteiger partial charge in [-0.05, 0) is 48.7 Å². The van der Waals surface area contributed by atoms with Crippen molar-refractivity contribution in [3.8, 4) is 5.75 Å². The summed E-state index contributed by atoms with van der Waals surface area (Å²) >= 11 is 6.07. The van der Waals surface area contributed by atoms with E-state index in [9.17, 15) is 9.59 Å². The van der Waals surface area contributed by atoms with Crippen LogP contribution in [-0.4, -0.2) is 35.9 Å². The maximum absolute atomic E-state index is 13.5. The number of rotatable bonds is 12. The predicted molar refractivity (Wildman–Crippen MR) is 141 cm³/mol. The number of hydrogen-bond acceptors (Lipinski definition) is 3. The fourth-order valence-corrected chi connectivity index (χ4v) is 3.84. The monoisotopic (exact) mass is 492 g/mol. The van der Waals surface area contributed by atoms with Crippen LogP contribution in [-0.2, 0) is 22.6 Å². The van der Waals surface area contributed by atoms with E-state index in [1.807, 2.05) is 73.7 Å². The topological polar surface area (TPSA) is 58.6 Å². The van der Waals surface area contributed by atoms with Crippen LogP contribution in [0.3, 0.4) is 0 Å². The van der Waals surface area contributed by atoms with Gasteiger partial charge in [-0.1, -0.05) is 85.1 Å². The van der Waals surface area contributed by atoms with Crippen molar-refractivity contribution in [3.05, 3.63) is 101 Å². The van der Waals surface area contributed by atoms with E-state index in [0.29, 0.717) is 23.7 Å². The number of halogens is 1. The third-order valence-electron chi connectivity index (χ3n) is 5.75. The summed E-state index contributed by atoms with van der Waals surface area (Å²) in [5.41, 5.74) is 2.98. The first-order chi connectivity index (χ1) is 17.0. The average molecular weight is 493 g/mol. The van der Waals surface area contributed by atoms with Crippen molar-refractivity contribution in [1.29, 1.82) is 0 Å². The molecule has 0 radical (unpaired) electrons. The number of nitrogens with one attached hydrogen (secondary N) is 1. The Morgan fingerprint density at radius 2 is 1.63 bits per heavy atom. The van der Waals surface area contributed by atoms with E-state index < -0.39 is 6.04 Å². The molecule has 0 saturated carbocycles. The minimum atomic E-state index is -0.681. The molecule has 5 nitrogen and oxygen atoms in total. The van der Waals surface area contributed by atoms with E-state index >= 15 is 0 Å². The molecule has 1 N–H and O–H groups in total. The number of carbonyl (C=O) groups is 2. The molecule has 0 aliphatic carbocycles. The first kappa shape index (κ1) is 26.3. The molecule has 2 amide bonds. The predicted octanol–water partition coefficient (Wildman–Crippen LogP) is 5.58. The number of aryl methyl sites for hydroxylation is 1. The van der Waals surface area contributed by atoms with Crippen molar-refractivity contribution in [2.75, 3.05) is 13.2 Å². The van der Waals surface area contributed by atoms with Crippen molar-refractivity contribution >= 4 is 23.4 Å². The molecule has 3 aromatic rings. The highest BCUT2D eigenvalue weighted by Gasteiger charge is 2.30. The number of ether oxygens (including phenoxy) is 1. The largest absolute Gasteiger partial charge is 0.484 e. The molecular weight excluding hydrogens is 460 g/mol. The van der Waals surface area contributed by atoms with Crippen LogP contribution in [0.2, 0.25) is 5.02 Å². The molecule has 184 valence electrons. The normalized spacial score (nSPS) is 11.5. The van der Waals surface area contributed by atoms with Gasteiger partial charge in [0.05, 0.1) is 0 Å². The van der Waals surface area contributed by atoms with Gasteiger partial charge < -0.3 is 15.0 Å². The zero-order chi connectivity index (χ0) is 25.0. The first-order valence-electron chi connectivity index (χ1n) is 12.0. The fraction of sp³-hybridized carbons (Fsp3) is 0.310. The SMILES string of the molecule is CCCCNC(=O)[C@H](Cc1ccccc1)N(Cc1ccc(Cl)cc1)C(=O)COc1ccc(C)cc1. The molecule has 0 unspecified atom stereocenters. The molecule has 0 spiro atoms. The zero-order valence-corrected chi connectivity index (χ0v) is 21.1. The molecule has 1 atom stereocenters. The fourth-order valence-electron chi connectivity index (χ4n) is 3.71. The summed E-state index contributed by atoms with van der Waals surface area (Å²) in [7, 11) is 0. The second kappa shape index (κ2) is 13.5. The van der Waals surface area contributed by atoms with Gasteiger partial charge in [-0.15, -0.1) is 0 Å². The highest BCUT2D eigenvalue weighted by Crippen LogP contribution is 2.18. The Balaban J connectivity index is 1.86. The minimum Gasteiger partial charge on any atom is -0.484 e. The summed E-state index contributed by atoms with van der Waals surface area (Å²) in [4.78, 5) is 28.5. The van der Waals surface area contributed by atoms with Crippen molar-refractivity contribution < 1.29 is 14.3 Å². The Kier molecular flexibility index (Phi) is 10.2. The Labute approximate surface area is 213 Å². The molecule has 3 aromatic carbocycles. The van der Waals surface area contributed by atoms with Crippen molar-refractivity contribution in [1.82, 2.24) is 10.2 Å². The number of carbonyl (C=O) groups excluding carboxylic acids is 2. The smallest absolute Gasteiger partial charge is 0.261 e. The minimum absolute atomic E-state index is 0.163. The molecule has 0 aliphatic heterocycles. The number of hydrogen-bond donors (Lipinski definition) is 1. The Morgan fingerprint density at radius 3 is 2.29 bits per heavy atom. The Hall–Kier alpha value is -3.31. The standard InChI is InChI=1S/C29H33ClN2O3/c1-3-4-18-31-29(34)27(19-23-8-6-5-7-9-23)32(20-24-12-14-25(30)15-13-24)28(33)21-35-26-16-10-22(2)11-17-26/h5-17,27H,3-4,18-21H2,1-2H3,(H,31,34)/t27-/m0/s1. The summed E-state index contributed by atoms with van der Waals surface area (Å²) in [6.07, 6.45) is 2.26. The number of nitrogens with zero attached hydrogens (tertiary/aromatic N) is 1. The van der Waals surface area contributed by atoms with Crippen LogP contribution >= 0.6 is 11.6 Å². The van der Waals surface area contributed by atoms with Gasteiger partial charge in [0.1, 0.15) is 11.8 Å². The number of benzene rings is 3. The van der Waals surface area contributed by atoms with Gasteiger partial charge >= 0.3 is 0 Å². The summed E-state index contributed by atoms with van der Waals surface area (Å²) < 4.78 is 5.80. The molecule has 0 saturated heterocycles. The Bertz CT molecular complexity index is 1070. The van der Waals surface area contributed by atoms with Gasteiger partial charge in [0.15, 0.2) is 6.61 Å². The quantitative estimate of drug-likeness (QED) is 0.335. The second-order valence-electron chi connectivity index (χ2n) is 8.60. The van der Waals surface area contributed by atoms with E-state index in [1.54, 1.807) is 17.0 Å². The summed E-state index contributed by atoms with van der Waals surface area (Å²) in [5, 5.41) is 3.64. The third kappa shape index (κ3) is 8.45. The van der Waals surface area contributed by atoms with E-state index in [1.165, 1.54) is 0 Å². The first-order valence-corrected chi connectivity index (χ1v) is 12.4. The van der Waals surface area contributed by atoms with Crippen molar-refractivity contribution in [3.63, 3.8) is 0 Å². The second-order valence-corrected chi connectivity index (χ2v) is 9.04. The molecule has 3 rings (SSSR count). The van der Waals surface area contributed by atoms with E-state index in [0.717, 1.165) is 29.5 Å². The highest BCUT2D eigenvalue weighted by atomic mass is 35.5. The summed E-state index contributed by atoms with van der Waals surface area (Å²) in [5.74, 6) is 0.189. The molecule has 6 heteroatoms. The number of amides is 2. The molecule has 0 fully saturated rings. The van der Waals surface area contributed by atoms with Crippen LogP contribution in [0, 0.1) is 6.92 Å². The van der Waals surface area contributed by atoms with Crippen LogP contribution in [0.4, 0.5) is 0 Å². The third-order valence-corrected chi connectivity index (χ3v) is 6.00. The number of unbranched alkanes of at least 4 members (excludes halogenated alkanes) is 1. The van der Waals surface area contributed by atoms with Gasteiger partial charge in [0.25, 0.3) is 5.91 Å². The summed E-state index contributed by atoms with van der Waals surface area (Å²) in [6, 6.07) is 23.9. The van der Waals surface area contributed by atoms with E-state index in [-0.39, 0.29) is 25.0 Å². The van der Waals surface area contributed by atoms with Gasteiger partial charge in [-0.2, -0.15) is 0 Å². The van der Waals surface area contributed by atoms with Crippen LogP contribution < -0.4 is 10.1 Å². The lowest BCUT2D eigenvalue weighted by Gasteiger charge is -2.31. The van der Waals surface area contributed by atoms with Crippen LogP contribution in [0.5, 0.6) is 5.75 Å². The van der Waals surface area contributed by atoms with Crippen molar-refractivity contribution in [2.24, 2.45) is 0 Å². The zero-order valence-electron chi connectivity index (χ0n) is 20.4. The lowest BCUT2D eigenvalue weighted by Crippen LogP contribution is -2.51. The van der Waals surface area contributed by atoms with Gasteiger partial charge in [0.2, 0.25) is 5.91 Å². The van der Waals surface area contributed by atoms with Gasteiger partial charge in [-0.3, -0.25) is 9.59 Å². The lowest BCUT2D eigenvalue weighted by molar-refractivity contribution is -0.142. The summed E-state index contributed by atoms with van der Waals surface area (Å²) in [6.45, 7) is 4.75. The van der Waals surface area contributed by atoms with Crippen LogP contribution in [0.25, 0.3) is 0 Å². The molecular formula is C29H33ClN2O3.